The fraction of sp³-hybridized carbons (Fsp3) is 0.417. The number of methoxy groups -OCH3 is 1. The Morgan fingerprint density at radius 2 is 2.10 bits per heavy atom. The third kappa shape index (κ3) is 4.44. The molecule has 1 atom stereocenters. The lowest BCUT2D eigenvalue weighted by molar-refractivity contribution is 0.0599. The number of likely N-dealkylation sites (N-methyl/N-ethyl adjacent to an activating group) is 1. The van der Waals surface area contributed by atoms with Crippen LogP contribution in [0.15, 0.2) is 27.6 Å². The van der Waals surface area contributed by atoms with E-state index in [0.29, 0.717) is 11.0 Å². The van der Waals surface area contributed by atoms with E-state index in [1.807, 2.05) is 6.92 Å². The van der Waals surface area contributed by atoms with Crippen LogP contribution in [0.1, 0.15) is 17.3 Å². The molecule has 0 aromatic heterocycles. The smallest absolute Gasteiger partial charge is 0.262 e. The average Bonchev–Trinajstić information content (AvgIpc) is 2.36. The normalized spacial score (nSPS) is 13.1. The van der Waals surface area contributed by atoms with Crippen LogP contribution in [-0.2, 0) is 13.8 Å². The quantitative estimate of drug-likeness (QED) is 0.732. The lowest BCUT2D eigenvalue weighted by Gasteiger charge is -2.21. The molecule has 0 saturated carbocycles. The molecule has 0 radical (unpaired) electrons. The Morgan fingerprint density at radius 3 is 2.60 bits per heavy atom. The highest BCUT2D eigenvalue weighted by molar-refractivity contribution is 9.10. The molecule has 1 aromatic rings. The molecule has 0 aliphatic rings. The number of hydrogen-bond acceptors (Lipinski definition) is 4. The maximum Gasteiger partial charge on any atom is 0.262 e. The summed E-state index contributed by atoms with van der Waals surface area (Å²) in [5, 5.41) is 0. The molecule has 0 aliphatic heterocycles. The number of carbonyl (C=O) groups is 1. The summed E-state index contributed by atoms with van der Waals surface area (Å²) in [5.74, 6) is -0.303. The summed E-state index contributed by atoms with van der Waals surface area (Å²) in [4.78, 5) is 13.5. The SMILES string of the molecule is COC(C)CN(C)C(=O)c1ccc(Br)c(S(=O)(=O)Cl)c1. The largest absolute Gasteiger partial charge is 0.380 e. The Balaban J connectivity index is 3.06. The first-order chi connectivity index (χ1) is 9.16. The Kier molecular flexibility index (Phi) is 6.00. The zero-order valence-corrected chi connectivity index (χ0v) is 14.4. The van der Waals surface area contributed by atoms with Gasteiger partial charge in [-0.3, -0.25) is 4.79 Å². The van der Waals surface area contributed by atoms with E-state index >= 15 is 0 Å². The van der Waals surface area contributed by atoms with Gasteiger partial charge in [-0.15, -0.1) is 0 Å². The minimum absolute atomic E-state index is 0.115. The van der Waals surface area contributed by atoms with Gasteiger partial charge >= 0.3 is 0 Å². The van der Waals surface area contributed by atoms with Crippen LogP contribution in [0.4, 0.5) is 0 Å². The van der Waals surface area contributed by atoms with E-state index in [4.69, 9.17) is 15.4 Å². The van der Waals surface area contributed by atoms with Gasteiger partial charge in [-0.05, 0) is 41.1 Å². The van der Waals surface area contributed by atoms with Gasteiger partial charge in [-0.25, -0.2) is 8.42 Å². The molecule has 20 heavy (non-hydrogen) atoms. The van der Waals surface area contributed by atoms with Gasteiger partial charge in [0, 0.05) is 41.4 Å². The summed E-state index contributed by atoms with van der Waals surface area (Å²) in [6.07, 6.45) is -0.115. The molecular weight excluding hydrogens is 370 g/mol. The van der Waals surface area contributed by atoms with Gasteiger partial charge in [-0.1, -0.05) is 0 Å². The molecule has 112 valence electrons. The van der Waals surface area contributed by atoms with Crippen molar-refractivity contribution in [3.63, 3.8) is 0 Å². The van der Waals surface area contributed by atoms with Crippen LogP contribution < -0.4 is 0 Å². The van der Waals surface area contributed by atoms with Crippen molar-refractivity contribution in [2.75, 3.05) is 20.7 Å². The molecule has 0 bridgehead atoms. The standard InChI is InChI=1S/C12H15BrClNO4S/c1-8(19-3)7-15(2)12(16)9-4-5-10(13)11(6-9)20(14,17)18/h4-6,8H,7H2,1-3H3. The average molecular weight is 385 g/mol. The van der Waals surface area contributed by atoms with Crippen LogP contribution in [0.5, 0.6) is 0 Å². The molecule has 1 rings (SSSR count). The molecule has 0 saturated heterocycles. The number of benzene rings is 1. The predicted molar refractivity (Wildman–Crippen MR) is 80.6 cm³/mol. The van der Waals surface area contributed by atoms with Crippen molar-refractivity contribution in [2.45, 2.75) is 17.9 Å². The van der Waals surface area contributed by atoms with Gasteiger partial charge in [0.05, 0.1) is 11.0 Å². The van der Waals surface area contributed by atoms with Crippen molar-refractivity contribution >= 4 is 41.6 Å². The molecule has 0 spiro atoms. The highest BCUT2D eigenvalue weighted by Gasteiger charge is 2.20. The molecule has 0 N–H and O–H groups in total. The van der Waals surface area contributed by atoms with Crippen LogP contribution >= 0.6 is 26.6 Å². The third-order valence-corrected chi connectivity index (χ3v) is 5.04. The van der Waals surface area contributed by atoms with Crippen molar-refractivity contribution in [2.24, 2.45) is 0 Å². The van der Waals surface area contributed by atoms with Crippen molar-refractivity contribution < 1.29 is 17.9 Å². The Bertz CT molecular complexity index is 605. The van der Waals surface area contributed by atoms with Crippen LogP contribution in [0.2, 0.25) is 0 Å². The minimum Gasteiger partial charge on any atom is -0.380 e. The molecule has 0 fully saturated rings. The highest BCUT2D eigenvalue weighted by Crippen LogP contribution is 2.26. The van der Waals surface area contributed by atoms with Gasteiger partial charge in [0.1, 0.15) is 0 Å². The first kappa shape index (κ1) is 17.4. The third-order valence-electron chi connectivity index (χ3n) is 2.72. The molecule has 1 amide bonds. The topological polar surface area (TPSA) is 63.7 Å². The Morgan fingerprint density at radius 1 is 1.50 bits per heavy atom. The van der Waals surface area contributed by atoms with E-state index in [1.54, 1.807) is 14.2 Å². The number of amides is 1. The first-order valence-corrected chi connectivity index (χ1v) is 8.79. The number of hydrogen-bond donors (Lipinski definition) is 0. The minimum atomic E-state index is -3.91. The maximum absolute atomic E-state index is 12.2. The van der Waals surface area contributed by atoms with E-state index < -0.39 is 9.05 Å². The fourth-order valence-electron chi connectivity index (χ4n) is 1.59. The zero-order chi connectivity index (χ0) is 15.5. The highest BCUT2D eigenvalue weighted by atomic mass is 79.9. The molecule has 1 unspecified atom stereocenters. The Labute approximate surface area is 131 Å². The van der Waals surface area contributed by atoms with Crippen LogP contribution in [0, 0.1) is 0 Å². The van der Waals surface area contributed by atoms with Crippen LogP contribution in [0.3, 0.4) is 0 Å². The summed E-state index contributed by atoms with van der Waals surface area (Å²) in [5.41, 5.74) is 0.248. The van der Waals surface area contributed by atoms with Crippen molar-refractivity contribution in [3.8, 4) is 0 Å². The van der Waals surface area contributed by atoms with Crippen LogP contribution in [0.25, 0.3) is 0 Å². The van der Waals surface area contributed by atoms with Gasteiger partial charge in [0.15, 0.2) is 0 Å². The summed E-state index contributed by atoms with van der Waals surface area (Å²) in [6.45, 7) is 2.23. The summed E-state index contributed by atoms with van der Waals surface area (Å²) >= 11 is 3.10. The molecule has 8 heteroatoms. The second-order valence-electron chi connectivity index (χ2n) is 4.32. The van der Waals surface area contributed by atoms with E-state index in [-0.39, 0.29) is 22.5 Å². The summed E-state index contributed by atoms with van der Waals surface area (Å²) in [7, 11) is 4.59. The number of carbonyl (C=O) groups excluding carboxylic acids is 1. The number of nitrogens with zero attached hydrogens (tertiary/aromatic N) is 1. The Hall–Kier alpha value is -0.630. The number of rotatable bonds is 5. The molecule has 0 aliphatic carbocycles. The second-order valence-corrected chi connectivity index (χ2v) is 7.70. The van der Waals surface area contributed by atoms with Crippen LogP contribution in [-0.4, -0.2) is 46.0 Å². The van der Waals surface area contributed by atoms with Gasteiger partial charge in [0.25, 0.3) is 15.0 Å². The van der Waals surface area contributed by atoms with E-state index in [1.165, 1.54) is 23.1 Å². The zero-order valence-electron chi connectivity index (χ0n) is 11.3. The van der Waals surface area contributed by atoms with Gasteiger partial charge < -0.3 is 9.64 Å². The van der Waals surface area contributed by atoms with E-state index in [2.05, 4.69) is 15.9 Å². The van der Waals surface area contributed by atoms with E-state index in [0.717, 1.165) is 0 Å². The van der Waals surface area contributed by atoms with E-state index in [9.17, 15) is 13.2 Å². The first-order valence-electron chi connectivity index (χ1n) is 5.69. The molecular formula is C12H15BrClNO4S. The number of halogens is 2. The van der Waals surface area contributed by atoms with Gasteiger partial charge in [0.2, 0.25) is 0 Å². The molecule has 0 heterocycles. The second kappa shape index (κ2) is 6.89. The lowest BCUT2D eigenvalue weighted by Crippen LogP contribution is -2.33. The fourth-order valence-corrected chi connectivity index (χ4v) is 3.70. The maximum atomic E-state index is 12.2. The van der Waals surface area contributed by atoms with Crippen molar-refractivity contribution in [1.29, 1.82) is 0 Å². The predicted octanol–water partition coefficient (Wildman–Crippen LogP) is 2.48. The summed E-state index contributed by atoms with van der Waals surface area (Å²) < 4.78 is 28.2. The summed E-state index contributed by atoms with van der Waals surface area (Å²) in [6, 6.07) is 4.27. The molecule has 5 nitrogen and oxygen atoms in total. The van der Waals surface area contributed by atoms with Crippen molar-refractivity contribution in [3.05, 3.63) is 28.2 Å². The molecule has 1 aromatic carbocycles. The van der Waals surface area contributed by atoms with Gasteiger partial charge in [-0.2, -0.15) is 0 Å². The lowest BCUT2D eigenvalue weighted by atomic mass is 10.2. The monoisotopic (exact) mass is 383 g/mol. The number of ether oxygens (including phenoxy) is 1. The van der Waals surface area contributed by atoms with Crippen molar-refractivity contribution in [1.82, 2.24) is 4.90 Å².